The van der Waals surface area contributed by atoms with Crippen LogP contribution in [0.2, 0.25) is 0 Å². The van der Waals surface area contributed by atoms with Crippen molar-refractivity contribution >= 4 is 23.8 Å². The van der Waals surface area contributed by atoms with Crippen LogP contribution in [0.25, 0.3) is 0 Å². The van der Waals surface area contributed by atoms with E-state index in [1.165, 1.54) is 12.0 Å². The minimum Gasteiger partial charge on any atom is -0.349 e. The molecule has 6 nitrogen and oxygen atoms in total. The van der Waals surface area contributed by atoms with Crippen molar-refractivity contribution in [2.24, 2.45) is 11.8 Å². The van der Waals surface area contributed by atoms with E-state index in [1.54, 1.807) is 7.05 Å². The first-order valence-corrected chi connectivity index (χ1v) is 11.4. The van der Waals surface area contributed by atoms with E-state index in [-0.39, 0.29) is 24.4 Å². The first kappa shape index (κ1) is 31.0. The molecule has 0 saturated heterocycles. The Morgan fingerprint density at radius 1 is 0.968 bits per heavy atom. The van der Waals surface area contributed by atoms with Gasteiger partial charge in [-0.1, -0.05) is 60.1 Å². The summed E-state index contributed by atoms with van der Waals surface area (Å²) in [6, 6.07) is 7.88. The average molecular weight is 436 g/mol. The molecule has 1 aromatic rings. The summed E-state index contributed by atoms with van der Waals surface area (Å²) in [4.78, 5) is 32.3. The number of amides is 2. The van der Waals surface area contributed by atoms with Crippen LogP contribution in [0.15, 0.2) is 24.3 Å². The van der Waals surface area contributed by atoms with Crippen LogP contribution >= 0.6 is 0 Å². The number of anilines is 1. The Labute approximate surface area is 190 Å². The standard InChI is InChI=1S/C14H22N2O.C8H15NO2.C3H8/c1-10(2)9-12-5-7-13(8-6-12)16-14(17)11(3)15-4;1-7(2)3-4-8(11)9-5-6-10;1-3-2/h5-8,10-11,15H,9H2,1-4H3,(H,16,17);6-7H,3-5H2,1-2H3,(H,9,11);3H2,1-2H3. The Morgan fingerprint density at radius 2 is 1.52 bits per heavy atom. The predicted octanol–water partition coefficient (Wildman–Crippen LogP) is 4.59. The number of likely N-dealkylation sites (N-methyl/N-ethyl adjacent to an activating group) is 1. The van der Waals surface area contributed by atoms with Gasteiger partial charge in [0, 0.05) is 12.1 Å². The third-order valence-electron chi connectivity index (χ3n) is 4.02. The molecule has 0 bridgehead atoms. The van der Waals surface area contributed by atoms with Crippen molar-refractivity contribution in [3.63, 3.8) is 0 Å². The van der Waals surface area contributed by atoms with Gasteiger partial charge in [0.1, 0.15) is 6.29 Å². The second-order valence-electron chi connectivity index (χ2n) is 8.40. The summed E-state index contributed by atoms with van der Waals surface area (Å²) in [5.41, 5.74) is 2.16. The van der Waals surface area contributed by atoms with E-state index in [0.29, 0.717) is 24.5 Å². The van der Waals surface area contributed by atoms with E-state index in [0.717, 1.165) is 18.5 Å². The lowest BCUT2D eigenvalue weighted by molar-refractivity contribution is -0.122. The number of nitrogens with one attached hydrogen (secondary N) is 3. The Balaban J connectivity index is 0. The molecule has 31 heavy (non-hydrogen) atoms. The van der Waals surface area contributed by atoms with Crippen LogP contribution < -0.4 is 16.0 Å². The SMILES string of the molecule is CC(C)CCC(=O)NCC=O.CCC.CNC(C)C(=O)Nc1ccc(CC(C)C)cc1. The minimum atomic E-state index is -0.176. The zero-order chi connectivity index (χ0) is 24.2. The molecule has 3 N–H and O–H groups in total. The van der Waals surface area contributed by atoms with Crippen LogP contribution in [0.5, 0.6) is 0 Å². The van der Waals surface area contributed by atoms with Crippen molar-refractivity contribution in [3.8, 4) is 0 Å². The van der Waals surface area contributed by atoms with Crippen molar-refractivity contribution in [3.05, 3.63) is 29.8 Å². The fraction of sp³-hybridized carbons (Fsp3) is 0.640. The molecule has 0 fully saturated rings. The van der Waals surface area contributed by atoms with Gasteiger partial charge < -0.3 is 20.7 Å². The molecule has 0 aliphatic carbocycles. The first-order chi connectivity index (χ1) is 14.6. The van der Waals surface area contributed by atoms with Gasteiger partial charge in [-0.3, -0.25) is 9.59 Å². The maximum Gasteiger partial charge on any atom is 0.241 e. The second kappa shape index (κ2) is 19.7. The molecule has 0 aliphatic rings. The van der Waals surface area contributed by atoms with Crippen LogP contribution in [0.3, 0.4) is 0 Å². The quantitative estimate of drug-likeness (QED) is 0.469. The highest BCUT2D eigenvalue weighted by atomic mass is 16.2. The fourth-order valence-corrected chi connectivity index (χ4v) is 2.24. The van der Waals surface area contributed by atoms with Gasteiger partial charge in [-0.2, -0.15) is 0 Å². The molecular formula is C25H45N3O3. The molecule has 0 radical (unpaired) electrons. The molecule has 1 rings (SSSR count). The number of rotatable bonds is 10. The van der Waals surface area contributed by atoms with Crippen molar-refractivity contribution in [1.82, 2.24) is 10.6 Å². The zero-order valence-electron chi connectivity index (χ0n) is 20.9. The van der Waals surface area contributed by atoms with E-state index in [2.05, 4.69) is 69.6 Å². The average Bonchev–Trinajstić information content (AvgIpc) is 2.72. The minimum absolute atomic E-state index is 0.0101. The third-order valence-corrected chi connectivity index (χ3v) is 4.02. The van der Waals surface area contributed by atoms with Gasteiger partial charge in [-0.05, 0) is 56.3 Å². The van der Waals surface area contributed by atoms with Gasteiger partial charge in [-0.15, -0.1) is 0 Å². The summed E-state index contributed by atoms with van der Waals surface area (Å²) >= 11 is 0. The number of hydrogen-bond acceptors (Lipinski definition) is 4. The number of benzene rings is 1. The van der Waals surface area contributed by atoms with Crippen LogP contribution in [-0.2, 0) is 20.8 Å². The Hall–Kier alpha value is -2.21. The van der Waals surface area contributed by atoms with E-state index < -0.39 is 0 Å². The van der Waals surface area contributed by atoms with Gasteiger partial charge in [0.05, 0.1) is 12.6 Å². The lowest BCUT2D eigenvalue weighted by Crippen LogP contribution is -2.35. The molecule has 0 aliphatic heterocycles. The van der Waals surface area contributed by atoms with Gasteiger partial charge >= 0.3 is 0 Å². The highest BCUT2D eigenvalue weighted by molar-refractivity contribution is 5.94. The summed E-state index contributed by atoms with van der Waals surface area (Å²) in [7, 11) is 1.77. The molecule has 1 unspecified atom stereocenters. The lowest BCUT2D eigenvalue weighted by Gasteiger charge is -2.11. The van der Waals surface area contributed by atoms with E-state index in [1.807, 2.05) is 19.1 Å². The number of aldehydes is 1. The summed E-state index contributed by atoms with van der Waals surface area (Å²) in [6.45, 7) is 14.7. The predicted molar refractivity (Wildman–Crippen MR) is 131 cm³/mol. The highest BCUT2D eigenvalue weighted by Crippen LogP contribution is 2.13. The Kier molecular flexibility index (Phi) is 19.7. The van der Waals surface area contributed by atoms with Crippen LogP contribution in [0.4, 0.5) is 5.69 Å². The summed E-state index contributed by atoms with van der Waals surface area (Å²) in [5.74, 6) is 1.15. The molecule has 2 amide bonds. The fourth-order valence-electron chi connectivity index (χ4n) is 2.24. The zero-order valence-corrected chi connectivity index (χ0v) is 20.9. The van der Waals surface area contributed by atoms with Gasteiger partial charge in [0.25, 0.3) is 0 Å². The molecule has 1 aromatic carbocycles. The smallest absolute Gasteiger partial charge is 0.241 e. The van der Waals surface area contributed by atoms with Crippen molar-refractivity contribution < 1.29 is 14.4 Å². The largest absolute Gasteiger partial charge is 0.349 e. The first-order valence-electron chi connectivity index (χ1n) is 11.4. The summed E-state index contributed by atoms with van der Waals surface area (Å²) < 4.78 is 0. The molecule has 0 saturated carbocycles. The summed E-state index contributed by atoms with van der Waals surface area (Å²) in [6.07, 6.45) is 4.41. The third kappa shape index (κ3) is 19.5. The highest BCUT2D eigenvalue weighted by Gasteiger charge is 2.09. The normalized spacial score (nSPS) is 10.9. The van der Waals surface area contributed by atoms with Crippen molar-refractivity contribution in [1.29, 1.82) is 0 Å². The topological polar surface area (TPSA) is 87.3 Å². The van der Waals surface area contributed by atoms with E-state index in [9.17, 15) is 14.4 Å². The lowest BCUT2D eigenvalue weighted by atomic mass is 10.0. The molecule has 1 atom stereocenters. The second-order valence-corrected chi connectivity index (χ2v) is 8.40. The Bertz CT molecular complexity index is 599. The maximum atomic E-state index is 11.6. The molecule has 6 heteroatoms. The molecular weight excluding hydrogens is 390 g/mol. The number of carbonyl (C=O) groups excluding carboxylic acids is 3. The summed E-state index contributed by atoms with van der Waals surface area (Å²) in [5, 5.41) is 8.26. The van der Waals surface area contributed by atoms with E-state index in [4.69, 9.17) is 0 Å². The van der Waals surface area contributed by atoms with Crippen LogP contribution in [0, 0.1) is 11.8 Å². The van der Waals surface area contributed by atoms with Gasteiger partial charge in [-0.25, -0.2) is 0 Å². The van der Waals surface area contributed by atoms with Crippen LogP contribution in [-0.4, -0.2) is 37.7 Å². The molecule has 0 aromatic heterocycles. The maximum absolute atomic E-state index is 11.6. The van der Waals surface area contributed by atoms with Crippen molar-refractivity contribution in [2.45, 2.75) is 80.2 Å². The monoisotopic (exact) mass is 435 g/mol. The van der Waals surface area contributed by atoms with Gasteiger partial charge in [0.2, 0.25) is 11.8 Å². The molecule has 0 heterocycles. The van der Waals surface area contributed by atoms with Crippen molar-refractivity contribution in [2.75, 3.05) is 18.9 Å². The van der Waals surface area contributed by atoms with Crippen LogP contribution in [0.1, 0.15) is 73.3 Å². The number of carbonyl (C=O) groups is 3. The Morgan fingerprint density at radius 3 is 1.94 bits per heavy atom. The van der Waals surface area contributed by atoms with Gasteiger partial charge in [0.15, 0.2) is 0 Å². The number of hydrogen-bond donors (Lipinski definition) is 3. The van der Waals surface area contributed by atoms with E-state index >= 15 is 0 Å². The molecule has 178 valence electrons. The molecule has 0 spiro atoms.